The largest absolute Gasteiger partial charge is 0.381 e. The van der Waals surface area contributed by atoms with Crippen molar-refractivity contribution in [3.63, 3.8) is 0 Å². The average Bonchev–Trinajstić information content (AvgIpc) is 2.69. The van der Waals surface area contributed by atoms with Crippen LogP contribution in [0.4, 0.5) is 11.5 Å². The zero-order valence-electron chi connectivity index (χ0n) is 16.2. The Labute approximate surface area is 160 Å². The topological polar surface area (TPSA) is 70.6 Å². The molecule has 0 unspecified atom stereocenters. The molecule has 1 aliphatic heterocycles. The molecule has 0 radical (unpaired) electrons. The van der Waals surface area contributed by atoms with Crippen molar-refractivity contribution in [3.05, 3.63) is 47.7 Å². The summed E-state index contributed by atoms with van der Waals surface area (Å²) in [6.45, 7) is 2.10. The van der Waals surface area contributed by atoms with Gasteiger partial charge in [-0.1, -0.05) is 12.1 Å². The standard InChI is InChI=1S/C20H27N5O2/c1-24(2)17-6-4-15(5-7-17)14-25(3)19-9-8-18(22-23-19)20(26)21-16-10-12-27-13-11-16/h4-9,16H,10-14H2,1-3H3,(H,21,26). The second-order valence-electron chi connectivity index (χ2n) is 7.05. The van der Waals surface area contributed by atoms with Gasteiger partial charge in [0.1, 0.15) is 0 Å². The van der Waals surface area contributed by atoms with Gasteiger partial charge in [0.25, 0.3) is 5.91 Å². The number of amides is 1. The first-order valence-electron chi connectivity index (χ1n) is 9.22. The minimum absolute atomic E-state index is 0.153. The third-order valence-corrected chi connectivity index (χ3v) is 4.70. The molecule has 1 aromatic carbocycles. The molecule has 3 rings (SSSR count). The van der Waals surface area contributed by atoms with Crippen LogP contribution in [0.2, 0.25) is 0 Å². The molecular formula is C20H27N5O2. The third kappa shape index (κ3) is 5.17. The van der Waals surface area contributed by atoms with Gasteiger partial charge < -0.3 is 19.9 Å². The van der Waals surface area contributed by atoms with Crippen LogP contribution in [0.1, 0.15) is 28.9 Å². The predicted octanol–water partition coefficient (Wildman–Crippen LogP) is 2.09. The maximum absolute atomic E-state index is 12.3. The quantitative estimate of drug-likeness (QED) is 0.841. The lowest BCUT2D eigenvalue weighted by Gasteiger charge is -2.23. The van der Waals surface area contributed by atoms with E-state index in [0.717, 1.165) is 25.2 Å². The first kappa shape index (κ1) is 19.1. The van der Waals surface area contributed by atoms with Gasteiger partial charge in [-0.3, -0.25) is 4.79 Å². The van der Waals surface area contributed by atoms with Gasteiger partial charge in [0.05, 0.1) is 0 Å². The number of nitrogens with zero attached hydrogens (tertiary/aromatic N) is 4. The van der Waals surface area contributed by atoms with Gasteiger partial charge in [-0.05, 0) is 42.7 Å². The summed E-state index contributed by atoms with van der Waals surface area (Å²) in [5, 5.41) is 11.3. The number of hydrogen-bond donors (Lipinski definition) is 1. The lowest BCUT2D eigenvalue weighted by atomic mass is 10.1. The van der Waals surface area contributed by atoms with E-state index in [0.29, 0.717) is 18.9 Å². The number of carbonyl (C=O) groups is 1. The van der Waals surface area contributed by atoms with E-state index >= 15 is 0 Å². The second kappa shape index (κ2) is 8.81. The van der Waals surface area contributed by atoms with Crippen molar-refractivity contribution in [2.45, 2.75) is 25.4 Å². The van der Waals surface area contributed by atoms with E-state index in [-0.39, 0.29) is 11.9 Å². The molecule has 0 aliphatic carbocycles. The summed E-state index contributed by atoms with van der Waals surface area (Å²) in [5.74, 6) is 0.553. The molecule has 0 atom stereocenters. The molecule has 27 heavy (non-hydrogen) atoms. The summed E-state index contributed by atoms with van der Waals surface area (Å²) in [5.41, 5.74) is 2.70. The van der Waals surface area contributed by atoms with Gasteiger partial charge in [-0.2, -0.15) is 0 Å². The molecule has 7 nitrogen and oxygen atoms in total. The zero-order valence-corrected chi connectivity index (χ0v) is 16.2. The molecule has 0 spiro atoms. The van der Waals surface area contributed by atoms with Crippen molar-refractivity contribution in [1.82, 2.24) is 15.5 Å². The zero-order chi connectivity index (χ0) is 19.2. The van der Waals surface area contributed by atoms with Gasteiger partial charge in [0, 0.05) is 52.6 Å². The minimum atomic E-state index is -0.178. The number of nitrogens with one attached hydrogen (secondary N) is 1. The van der Waals surface area contributed by atoms with Crippen molar-refractivity contribution in [3.8, 4) is 0 Å². The van der Waals surface area contributed by atoms with Gasteiger partial charge in [0.15, 0.2) is 11.5 Å². The van der Waals surface area contributed by atoms with E-state index in [2.05, 4.69) is 44.7 Å². The number of anilines is 2. The highest BCUT2D eigenvalue weighted by molar-refractivity contribution is 5.92. The molecule has 0 saturated carbocycles. The molecule has 1 saturated heterocycles. The summed E-state index contributed by atoms with van der Waals surface area (Å²) in [6, 6.07) is 12.1. The van der Waals surface area contributed by atoms with Gasteiger partial charge in [-0.15, -0.1) is 10.2 Å². The Kier molecular flexibility index (Phi) is 6.24. The molecule has 1 amide bonds. The Morgan fingerprint density at radius 3 is 2.37 bits per heavy atom. The number of carbonyl (C=O) groups excluding carboxylic acids is 1. The molecular weight excluding hydrogens is 342 g/mol. The van der Waals surface area contributed by atoms with E-state index in [1.807, 2.05) is 32.1 Å². The van der Waals surface area contributed by atoms with E-state index < -0.39 is 0 Å². The fourth-order valence-corrected chi connectivity index (χ4v) is 3.01. The number of rotatable bonds is 6. The molecule has 144 valence electrons. The van der Waals surface area contributed by atoms with Crippen molar-refractivity contribution >= 4 is 17.4 Å². The van der Waals surface area contributed by atoms with Crippen LogP contribution in [-0.4, -0.2) is 56.5 Å². The first-order chi connectivity index (χ1) is 13.0. The van der Waals surface area contributed by atoms with Gasteiger partial charge in [-0.25, -0.2) is 0 Å². The molecule has 2 heterocycles. The Bertz CT molecular complexity index is 740. The number of benzene rings is 1. The van der Waals surface area contributed by atoms with Crippen LogP contribution in [0.5, 0.6) is 0 Å². The van der Waals surface area contributed by atoms with Crippen molar-refractivity contribution < 1.29 is 9.53 Å². The van der Waals surface area contributed by atoms with E-state index in [1.54, 1.807) is 6.07 Å². The fraction of sp³-hybridized carbons (Fsp3) is 0.450. The summed E-state index contributed by atoms with van der Waals surface area (Å²) >= 11 is 0. The maximum atomic E-state index is 12.3. The van der Waals surface area contributed by atoms with Crippen molar-refractivity contribution in [2.75, 3.05) is 44.2 Å². The average molecular weight is 369 g/mol. The van der Waals surface area contributed by atoms with Crippen molar-refractivity contribution in [1.29, 1.82) is 0 Å². The van der Waals surface area contributed by atoms with Crippen LogP contribution < -0.4 is 15.1 Å². The van der Waals surface area contributed by atoms with Crippen LogP contribution in [-0.2, 0) is 11.3 Å². The summed E-state index contributed by atoms with van der Waals surface area (Å²) in [6.07, 6.45) is 1.68. The second-order valence-corrected chi connectivity index (χ2v) is 7.05. The number of hydrogen-bond acceptors (Lipinski definition) is 6. The normalized spacial score (nSPS) is 14.6. The number of aromatic nitrogens is 2. The van der Waals surface area contributed by atoms with Crippen LogP contribution in [0, 0.1) is 0 Å². The molecule has 1 aliphatic rings. The summed E-state index contributed by atoms with van der Waals surface area (Å²) in [4.78, 5) is 16.4. The molecule has 1 aromatic heterocycles. The summed E-state index contributed by atoms with van der Waals surface area (Å²) < 4.78 is 5.31. The van der Waals surface area contributed by atoms with Crippen LogP contribution >= 0.6 is 0 Å². The Balaban J connectivity index is 1.57. The van der Waals surface area contributed by atoms with Gasteiger partial charge in [0.2, 0.25) is 0 Å². The van der Waals surface area contributed by atoms with Crippen LogP contribution in [0.15, 0.2) is 36.4 Å². The Morgan fingerprint density at radius 1 is 1.07 bits per heavy atom. The first-order valence-corrected chi connectivity index (χ1v) is 9.22. The monoisotopic (exact) mass is 369 g/mol. The molecule has 0 bridgehead atoms. The van der Waals surface area contributed by atoms with Gasteiger partial charge >= 0.3 is 0 Å². The maximum Gasteiger partial charge on any atom is 0.272 e. The lowest BCUT2D eigenvalue weighted by Crippen LogP contribution is -2.39. The summed E-state index contributed by atoms with van der Waals surface area (Å²) in [7, 11) is 6.01. The predicted molar refractivity (Wildman–Crippen MR) is 106 cm³/mol. The highest BCUT2D eigenvalue weighted by Gasteiger charge is 2.18. The van der Waals surface area contributed by atoms with Crippen LogP contribution in [0.25, 0.3) is 0 Å². The SMILES string of the molecule is CN(C)c1ccc(CN(C)c2ccc(C(=O)NC3CCOCC3)nn2)cc1. The van der Waals surface area contributed by atoms with E-state index in [9.17, 15) is 4.79 Å². The highest BCUT2D eigenvalue weighted by atomic mass is 16.5. The van der Waals surface area contributed by atoms with E-state index in [4.69, 9.17) is 4.74 Å². The fourth-order valence-electron chi connectivity index (χ4n) is 3.01. The molecule has 2 aromatic rings. The van der Waals surface area contributed by atoms with Crippen LogP contribution in [0.3, 0.4) is 0 Å². The van der Waals surface area contributed by atoms with E-state index in [1.165, 1.54) is 11.3 Å². The smallest absolute Gasteiger partial charge is 0.272 e. The third-order valence-electron chi connectivity index (χ3n) is 4.70. The Hall–Kier alpha value is -2.67. The Morgan fingerprint density at radius 2 is 1.78 bits per heavy atom. The lowest BCUT2D eigenvalue weighted by molar-refractivity contribution is 0.0693. The number of ether oxygens (including phenoxy) is 1. The molecule has 7 heteroatoms. The van der Waals surface area contributed by atoms with Crippen molar-refractivity contribution in [2.24, 2.45) is 0 Å². The molecule has 1 N–H and O–H groups in total. The molecule has 1 fully saturated rings. The minimum Gasteiger partial charge on any atom is -0.381 e. The highest BCUT2D eigenvalue weighted by Crippen LogP contribution is 2.16.